The molecule has 164 valence electrons. The van der Waals surface area contributed by atoms with Crippen LogP contribution in [-0.2, 0) is 24.2 Å². The van der Waals surface area contributed by atoms with Gasteiger partial charge in [-0.25, -0.2) is 9.37 Å². The van der Waals surface area contributed by atoms with Crippen LogP contribution in [0.25, 0.3) is 10.2 Å². The Morgan fingerprint density at radius 1 is 1.22 bits per heavy atom. The lowest BCUT2D eigenvalue weighted by Gasteiger charge is -2.13. The Morgan fingerprint density at radius 3 is 2.81 bits per heavy atom. The highest BCUT2D eigenvalue weighted by Gasteiger charge is 2.23. The Morgan fingerprint density at radius 2 is 2.03 bits per heavy atom. The van der Waals surface area contributed by atoms with Gasteiger partial charge < -0.3 is 9.73 Å². The largest absolute Gasteiger partial charge is 0.467 e. The summed E-state index contributed by atoms with van der Waals surface area (Å²) >= 11 is 2.79. The van der Waals surface area contributed by atoms with Crippen LogP contribution in [-0.4, -0.2) is 21.2 Å². The first-order valence-electron chi connectivity index (χ1n) is 10.3. The van der Waals surface area contributed by atoms with Crippen LogP contribution in [0.15, 0.2) is 57.0 Å². The maximum absolute atomic E-state index is 13.5. The first-order chi connectivity index (χ1) is 15.6. The molecule has 4 aromatic rings. The summed E-state index contributed by atoms with van der Waals surface area (Å²) in [4.78, 5) is 32.7. The van der Waals surface area contributed by atoms with Crippen molar-refractivity contribution in [2.24, 2.45) is 0 Å². The van der Waals surface area contributed by atoms with Gasteiger partial charge in [0, 0.05) is 10.6 Å². The fourth-order valence-electron chi connectivity index (χ4n) is 3.89. The molecule has 0 aliphatic heterocycles. The molecule has 1 amide bonds. The molecule has 1 aliphatic rings. The number of carbonyl (C=O) groups excluding carboxylic acids is 1. The topological polar surface area (TPSA) is 77.1 Å². The molecular weight excluding hydrogens is 449 g/mol. The second kappa shape index (κ2) is 8.91. The van der Waals surface area contributed by atoms with Gasteiger partial charge in [0.15, 0.2) is 5.16 Å². The molecular formula is C23H20FN3O3S2. The number of benzene rings is 1. The predicted octanol–water partition coefficient (Wildman–Crippen LogP) is 4.85. The van der Waals surface area contributed by atoms with E-state index < -0.39 is 0 Å². The van der Waals surface area contributed by atoms with Crippen molar-refractivity contribution in [1.29, 1.82) is 0 Å². The summed E-state index contributed by atoms with van der Waals surface area (Å²) < 4.78 is 20.1. The smallest absolute Gasteiger partial charge is 0.263 e. The van der Waals surface area contributed by atoms with Gasteiger partial charge in [-0.15, -0.1) is 11.3 Å². The zero-order valence-electron chi connectivity index (χ0n) is 17.1. The van der Waals surface area contributed by atoms with Crippen molar-refractivity contribution in [3.8, 4) is 0 Å². The Labute approximate surface area is 191 Å². The zero-order valence-corrected chi connectivity index (χ0v) is 18.7. The lowest BCUT2D eigenvalue weighted by molar-refractivity contribution is -0.113. The highest BCUT2D eigenvalue weighted by atomic mass is 32.2. The minimum atomic E-state index is -0.365. The molecule has 1 N–H and O–H groups in total. The molecule has 9 heteroatoms. The Kier molecular flexibility index (Phi) is 5.84. The minimum absolute atomic E-state index is 0.0680. The number of rotatable bonds is 6. The van der Waals surface area contributed by atoms with Gasteiger partial charge in [-0.1, -0.05) is 11.8 Å². The van der Waals surface area contributed by atoms with Crippen molar-refractivity contribution in [2.45, 2.75) is 37.4 Å². The van der Waals surface area contributed by atoms with Crippen LogP contribution < -0.4 is 10.9 Å². The molecule has 0 unspecified atom stereocenters. The number of carbonyl (C=O) groups is 1. The van der Waals surface area contributed by atoms with E-state index in [1.807, 2.05) is 6.07 Å². The van der Waals surface area contributed by atoms with Gasteiger partial charge in [0.2, 0.25) is 5.91 Å². The van der Waals surface area contributed by atoms with E-state index in [1.165, 1.54) is 40.9 Å². The summed E-state index contributed by atoms with van der Waals surface area (Å²) in [6.07, 6.45) is 5.67. The third-order valence-corrected chi connectivity index (χ3v) is 7.56. The zero-order chi connectivity index (χ0) is 22.1. The second-order valence-electron chi connectivity index (χ2n) is 7.60. The molecule has 1 aromatic carbocycles. The Balaban J connectivity index is 1.45. The highest BCUT2D eigenvalue weighted by molar-refractivity contribution is 7.99. The standard InChI is InChI=1S/C23H20FN3O3S2/c24-14-7-9-15(10-8-14)25-19(28)13-31-23-26-21-20(17-5-1-2-6-18(17)32-21)22(29)27(23)12-16-4-3-11-30-16/h3-4,7-11H,1-2,5-6,12-13H2,(H,25,28). The first-order valence-corrected chi connectivity index (χ1v) is 12.1. The normalized spacial score (nSPS) is 13.3. The molecule has 0 saturated carbocycles. The summed E-state index contributed by atoms with van der Waals surface area (Å²) in [5.41, 5.74) is 1.55. The van der Waals surface area contributed by atoms with E-state index in [0.29, 0.717) is 22.0 Å². The molecule has 0 saturated heterocycles. The average Bonchev–Trinajstić information content (AvgIpc) is 3.43. The van der Waals surface area contributed by atoms with Gasteiger partial charge in [-0.3, -0.25) is 14.2 Å². The third-order valence-electron chi connectivity index (χ3n) is 5.39. The van der Waals surface area contributed by atoms with Gasteiger partial charge in [0.1, 0.15) is 16.4 Å². The van der Waals surface area contributed by atoms with Crippen molar-refractivity contribution in [1.82, 2.24) is 9.55 Å². The van der Waals surface area contributed by atoms with E-state index in [9.17, 15) is 14.0 Å². The van der Waals surface area contributed by atoms with Crippen molar-refractivity contribution in [3.63, 3.8) is 0 Å². The van der Waals surface area contributed by atoms with Crippen LogP contribution in [0.4, 0.5) is 10.1 Å². The van der Waals surface area contributed by atoms with Crippen molar-refractivity contribution < 1.29 is 13.6 Å². The number of thiophene rings is 1. The Hall–Kier alpha value is -2.91. The first kappa shape index (κ1) is 21.0. The third kappa shape index (κ3) is 4.22. The van der Waals surface area contributed by atoms with E-state index >= 15 is 0 Å². The molecule has 0 spiro atoms. The number of furan rings is 1. The van der Waals surface area contributed by atoms with E-state index in [2.05, 4.69) is 5.32 Å². The number of nitrogens with zero attached hydrogens (tertiary/aromatic N) is 2. The van der Waals surface area contributed by atoms with Gasteiger partial charge >= 0.3 is 0 Å². The van der Waals surface area contributed by atoms with Crippen LogP contribution in [0, 0.1) is 5.82 Å². The molecule has 3 heterocycles. The van der Waals surface area contributed by atoms with Crippen LogP contribution in [0.1, 0.15) is 29.0 Å². The van der Waals surface area contributed by atoms with E-state index in [-0.39, 0.29) is 29.6 Å². The summed E-state index contributed by atoms with van der Waals surface area (Å²) in [6, 6.07) is 9.18. The van der Waals surface area contributed by atoms with Crippen LogP contribution >= 0.6 is 23.1 Å². The number of aromatic nitrogens is 2. The van der Waals surface area contributed by atoms with Gasteiger partial charge in [-0.2, -0.15) is 0 Å². The quantitative estimate of drug-likeness (QED) is 0.323. The number of halogens is 1. The number of fused-ring (bicyclic) bond motifs is 3. The van der Waals surface area contributed by atoms with Crippen molar-refractivity contribution in [3.05, 3.63) is 75.0 Å². The number of hydrogen-bond donors (Lipinski definition) is 1. The lowest BCUT2D eigenvalue weighted by Crippen LogP contribution is -2.25. The van der Waals surface area contributed by atoms with Crippen molar-refractivity contribution >= 4 is 44.9 Å². The number of thioether (sulfide) groups is 1. The predicted molar refractivity (Wildman–Crippen MR) is 124 cm³/mol. The lowest BCUT2D eigenvalue weighted by atomic mass is 9.97. The highest BCUT2D eigenvalue weighted by Crippen LogP contribution is 2.34. The number of aryl methyl sites for hydroxylation is 2. The summed E-state index contributed by atoms with van der Waals surface area (Å²) in [5, 5.41) is 3.92. The van der Waals surface area contributed by atoms with Crippen LogP contribution in [0.2, 0.25) is 0 Å². The summed E-state index contributed by atoms with van der Waals surface area (Å²) in [7, 11) is 0. The number of nitrogens with one attached hydrogen (secondary N) is 1. The molecule has 1 aliphatic carbocycles. The van der Waals surface area contributed by atoms with Crippen LogP contribution in [0.5, 0.6) is 0 Å². The molecule has 0 fully saturated rings. The maximum atomic E-state index is 13.5. The van der Waals surface area contributed by atoms with Gasteiger partial charge in [0.05, 0.1) is 23.9 Å². The van der Waals surface area contributed by atoms with Crippen LogP contribution in [0.3, 0.4) is 0 Å². The maximum Gasteiger partial charge on any atom is 0.263 e. The molecule has 5 rings (SSSR count). The second-order valence-corrected chi connectivity index (χ2v) is 9.63. The van der Waals surface area contributed by atoms with Crippen molar-refractivity contribution in [2.75, 3.05) is 11.1 Å². The summed E-state index contributed by atoms with van der Waals surface area (Å²) in [5.74, 6) is 0.0925. The van der Waals surface area contributed by atoms with Gasteiger partial charge in [-0.05, 0) is 67.6 Å². The molecule has 0 atom stereocenters. The fourth-order valence-corrected chi connectivity index (χ4v) is 5.99. The molecule has 32 heavy (non-hydrogen) atoms. The minimum Gasteiger partial charge on any atom is -0.467 e. The summed E-state index contributed by atoms with van der Waals surface area (Å²) in [6.45, 7) is 0.251. The number of anilines is 1. The average molecular weight is 470 g/mol. The van der Waals surface area contributed by atoms with E-state index in [4.69, 9.17) is 9.40 Å². The Bertz CT molecular complexity index is 1330. The molecule has 0 radical (unpaired) electrons. The van der Waals surface area contributed by atoms with E-state index in [0.717, 1.165) is 36.1 Å². The SMILES string of the molecule is O=C(CSc1nc2sc3c(c2c(=O)n1Cc1ccco1)CCCC3)Nc1ccc(F)cc1. The van der Waals surface area contributed by atoms with E-state index in [1.54, 1.807) is 28.2 Å². The molecule has 3 aromatic heterocycles. The van der Waals surface area contributed by atoms with Gasteiger partial charge in [0.25, 0.3) is 5.56 Å². The number of hydrogen-bond acceptors (Lipinski definition) is 6. The fraction of sp³-hybridized carbons (Fsp3) is 0.261. The molecule has 6 nitrogen and oxygen atoms in total. The monoisotopic (exact) mass is 469 g/mol. The number of amides is 1. The molecule has 0 bridgehead atoms.